The van der Waals surface area contributed by atoms with E-state index < -0.39 is 0 Å². The lowest BCUT2D eigenvalue weighted by atomic mass is 9.82. The van der Waals surface area contributed by atoms with Gasteiger partial charge >= 0.3 is 5.97 Å². The molecule has 23 heavy (non-hydrogen) atoms. The topological polar surface area (TPSA) is 55.6 Å². The third kappa shape index (κ3) is 3.43. The Hall–Kier alpha value is -1.39. The van der Waals surface area contributed by atoms with Gasteiger partial charge in [0.25, 0.3) is 0 Å². The summed E-state index contributed by atoms with van der Waals surface area (Å²) < 4.78 is 5.14. The number of nitrogens with zero attached hydrogens (tertiary/aromatic N) is 1. The molecule has 0 aliphatic carbocycles. The molecule has 1 aromatic carbocycles. The van der Waals surface area contributed by atoms with E-state index in [2.05, 4.69) is 31.7 Å². The molecule has 1 unspecified atom stereocenters. The van der Waals surface area contributed by atoms with E-state index in [1.807, 2.05) is 6.07 Å². The van der Waals surface area contributed by atoms with Gasteiger partial charge in [-0.3, -0.25) is 0 Å². The molecular weight excluding hydrogens is 288 g/mol. The number of carbonyl (C=O) groups is 1. The van der Waals surface area contributed by atoms with Crippen LogP contribution in [-0.2, 0) is 17.8 Å². The Morgan fingerprint density at radius 1 is 1.39 bits per heavy atom. The van der Waals surface area contributed by atoms with Gasteiger partial charge in [0.1, 0.15) is 6.61 Å². The van der Waals surface area contributed by atoms with E-state index in [9.17, 15) is 4.79 Å². The zero-order valence-electron chi connectivity index (χ0n) is 14.5. The first kappa shape index (κ1) is 16.5. The maximum absolute atomic E-state index is 11.6. The van der Waals surface area contributed by atoms with Gasteiger partial charge in [-0.05, 0) is 69.7 Å². The number of carbonyl (C=O) groups excluding carboxylic acids is 1. The van der Waals surface area contributed by atoms with Crippen LogP contribution in [0.5, 0.6) is 0 Å². The molecule has 0 radical (unpaired) electrons. The largest absolute Gasteiger partial charge is 0.457 e. The van der Waals surface area contributed by atoms with Gasteiger partial charge in [0.2, 0.25) is 0 Å². The van der Waals surface area contributed by atoms with E-state index in [1.54, 1.807) is 0 Å². The molecule has 1 fully saturated rings. The summed E-state index contributed by atoms with van der Waals surface area (Å²) in [7, 11) is 0. The van der Waals surface area contributed by atoms with Crippen molar-refractivity contribution in [3.63, 3.8) is 0 Å². The number of benzene rings is 1. The third-order valence-electron chi connectivity index (χ3n) is 5.53. The first-order valence-electron chi connectivity index (χ1n) is 8.66. The Bertz CT molecular complexity index is 604. The number of hydrogen-bond donors (Lipinski definition) is 1. The van der Waals surface area contributed by atoms with Gasteiger partial charge in [0.05, 0.1) is 5.56 Å². The van der Waals surface area contributed by atoms with Crippen LogP contribution < -0.4 is 5.73 Å². The van der Waals surface area contributed by atoms with Crippen LogP contribution in [0.3, 0.4) is 0 Å². The summed E-state index contributed by atoms with van der Waals surface area (Å²) >= 11 is 0. The quantitative estimate of drug-likeness (QED) is 0.868. The number of cyclic esters (lactones) is 1. The Morgan fingerprint density at radius 2 is 2.17 bits per heavy atom. The summed E-state index contributed by atoms with van der Waals surface area (Å²) in [6.45, 7) is 10.1. The van der Waals surface area contributed by atoms with Gasteiger partial charge in [-0.1, -0.05) is 6.07 Å². The molecule has 1 atom stereocenters. The van der Waals surface area contributed by atoms with Crippen LogP contribution in [0, 0.1) is 12.8 Å². The third-order valence-corrected chi connectivity index (χ3v) is 5.53. The van der Waals surface area contributed by atoms with Crippen LogP contribution in [-0.4, -0.2) is 36.0 Å². The fraction of sp³-hybridized carbons (Fsp3) is 0.632. The Morgan fingerprint density at radius 3 is 2.91 bits per heavy atom. The number of rotatable bonds is 4. The van der Waals surface area contributed by atoms with Crippen molar-refractivity contribution in [3.8, 4) is 0 Å². The fourth-order valence-corrected chi connectivity index (χ4v) is 3.81. The molecule has 2 aliphatic heterocycles. The maximum Gasteiger partial charge on any atom is 0.338 e. The van der Waals surface area contributed by atoms with Gasteiger partial charge < -0.3 is 15.4 Å². The van der Waals surface area contributed by atoms with E-state index in [1.165, 1.54) is 24.0 Å². The number of esters is 1. The van der Waals surface area contributed by atoms with Crippen molar-refractivity contribution in [2.75, 3.05) is 19.6 Å². The number of piperidine rings is 1. The standard InChI is InChI=1S/C19H28N2O2/c1-13-14(6-7-16-17(13)12-23-18(16)22)8-10-21-9-4-5-15(11-21)19(2,3)20/h6-7,15H,4-5,8-12,20H2,1-3H3. The van der Waals surface area contributed by atoms with Crippen molar-refractivity contribution in [2.24, 2.45) is 11.7 Å². The second kappa shape index (κ2) is 6.25. The van der Waals surface area contributed by atoms with Gasteiger partial charge in [-0.2, -0.15) is 0 Å². The number of fused-ring (bicyclic) bond motifs is 1. The smallest absolute Gasteiger partial charge is 0.338 e. The second-order valence-electron chi connectivity index (χ2n) is 7.66. The molecule has 4 nitrogen and oxygen atoms in total. The Kier molecular flexibility index (Phi) is 4.47. The Labute approximate surface area is 139 Å². The van der Waals surface area contributed by atoms with E-state index >= 15 is 0 Å². The molecule has 4 heteroatoms. The average molecular weight is 316 g/mol. The van der Waals surface area contributed by atoms with Crippen LogP contribution in [0.1, 0.15) is 53.7 Å². The first-order chi connectivity index (χ1) is 10.9. The SMILES string of the molecule is Cc1c(CCN2CCCC(C(C)(C)N)C2)ccc2c1COC2=O. The van der Waals surface area contributed by atoms with E-state index in [4.69, 9.17) is 10.5 Å². The summed E-state index contributed by atoms with van der Waals surface area (Å²) in [5, 5.41) is 0. The number of hydrogen-bond acceptors (Lipinski definition) is 4. The minimum atomic E-state index is -0.182. The van der Waals surface area contributed by atoms with Crippen LogP contribution in [0.2, 0.25) is 0 Å². The molecule has 1 saturated heterocycles. The molecule has 2 aliphatic rings. The van der Waals surface area contributed by atoms with Crippen molar-refractivity contribution in [1.29, 1.82) is 0 Å². The Balaban J connectivity index is 1.64. The van der Waals surface area contributed by atoms with Crippen molar-refractivity contribution < 1.29 is 9.53 Å². The molecule has 2 N–H and O–H groups in total. The highest BCUT2D eigenvalue weighted by molar-refractivity contribution is 5.93. The minimum absolute atomic E-state index is 0.0974. The minimum Gasteiger partial charge on any atom is -0.457 e. The molecule has 0 spiro atoms. The lowest BCUT2D eigenvalue weighted by Gasteiger charge is -2.39. The van der Waals surface area contributed by atoms with Crippen molar-refractivity contribution >= 4 is 5.97 Å². The van der Waals surface area contributed by atoms with E-state index in [0.29, 0.717) is 12.5 Å². The average Bonchev–Trinajstić information content (AvgIpc) is 2.88. The molecule has 126 valence electrons. The monoisotopic (exact) mass is 316 g/mol. The van der Waals surface area contributed by atoms with Crippen LogP contribution >= 0.6 is 0 Å². The lowest BCUT2D eigenvalue weighted by molar-refractivity contribution is 0.0535. The maximum atomic E-state index is 11.6. The summed E-state index contributed by atoms with van der Waals surface area (Å²) in [6, 6.07) is 4.02. The van der Waals surface area contributed by atoms with Crippen molar-refractivity contribution in [2.45, 2.75) is 52.2 Å². The highest BCUT2D eigenvalue weighted by Crippen LogP contribution is 2.28. The summed E-state index contributed by atoms with van der Waals surface area (Å²) in [5.74, 6) is 0.391. The highest BCUT2D eigenvalue weighted by Gasteiger charge is 2.30. The van der Waals surface area contributed by atoms with Crippen LogP contribution in [0.15, 0.2) is 12.1 Å². The fourth-order valence-electron chi connectivity index (χ4n) is 3.81. The molecule has 1 aromatic rings. The van der Waals surface area contributed by atoms with E-state index in [0.717, 1.165) is 37.2 Å². The molecule has 3 rings (SSSR count). The number of likely N-dealkylation sites (tertiary alicyclic amines) is 1. The summed E-state index contributed by atoms with van der Waals surface area (Å²) in [6.07, 6.45) is 3.49. The normalized spacial score (nSPS) is 22.1. The zero-order chi connectivity index (χ0) is 16.6. The van der Waals surface area contributed by atoms with Crippen molar-refractivity contribution in [1.82, 2.24) is 4.90 Å². The molecule has 0 aromatic heterocycles. The highest BCUT2D eigenvalue weighted by atomic mass is 16.5. The molecule has 0 saturated carbocycles. The lowest BCUT2D eigenvalue weighted by Crippen LogP contribution is -2.49. The van der Waals surface area contributed by atoms with Gasteiger partial charge in [0.15, 0.2) is 0 Å². The number of ether oxygens (including phenoxy) is 1. The van der Waals surface area contributed by atoms with Gasteiger partial charge in [-0.25, -0.2) is 4.79 Å². The van der Waals surface area contributed by atoms with Gasteiger partial charge in [0, 0.05) is 24.2 Å². The molecule has 2 heterocycles. The molecular formula is C19H28N2O2. The van der Waals surface area contributed by atoms with Gasteiger partial charge in [-0.15, -0.1) is 0 Å². The molecule has 0 amide bonds. The van der Waals surface area contributed by atoms with Crippen molar-refractivity contribution in [3.05, 3.63) is 34.4 Å². The predicted molar refractivity (Wildman–Crippen MR) is 91.4 cm³/mol. The first-order valence-corrected chi connectivity index (χ1v) is 8.66. The second-order valence-corrected chi connectivity index (χ2v) is 7.66. The van der Waals surface area contributed by atoms with Crippen LogP contribution in [0.4, 0.5) is 0 Å². The molecule has 0 bridgehead atoms. The number of nitrogens with two attached hydrogens (primary N) is 1. The van der Waals surface area contributed by atoms with Crippen LogP contribution in [0.25, 0.3) is 0 Å². The zero-order valence-corrected chi connectivity index (χ0v) is 14.5. The van der Waals surface area contributed by atoms with E-state index in [-0.39, 0.29) is 11.5 Å². The predicted octanol–water partition coefficient (Wildman–Crippen LogP) is 2.66. The summed E-state index contributed by atoms with van der Waals surface area (Å²) in [4.78, 5) is 14.2. The summed E-state index contributed by atoms with van der Waals surface area (Å²) in [5.41, 5.74) is 10.6.